The highest BCUT2D eigenvalue weighted by molar-refractivity contribution is 7.89. The Morgan fingerprint density at radius 1 is 1.03 bits per heavy atom. The van der Waals surface area contributed by atoms with E-state index < -0.39 is 52.7 Å². The summed E-state index contributed by atoms with van der Waals surface area (Å²) in [6.07, 6.45) is 0.958. The number of halogens is 2. The average molecular weight is 562 g/mol. The van der Waals surface area contributed by atoms with Crippen molar-refractivity contribution in [3.8, 4) is 11.1 Å². The number of rotatable bonds is 9. The minimum absolute atomic E-state index is 0.0198. The molecule has 2 aliphatic carbocycles. The molecule has 3 aliphatic rings. The number of alkyl carbamates (subject to hydrolysis) is 1. The fourth-order valence-corrected chi connectivity index (χ4v) is 7.14. The van der Waals surface area contributed by atoms with E-state index in [2.05, 4.69) is 10.0 Å². The predicted octanol–water partition coefficient (Wildman–Crippen LogP) is 4.01. The second-order valence-electron chi connectivity index (χ2n) is 10.7. The summed E-state index contributed by atoms with van der Waals surface area (Å²) in [6, 6.07) is 14.4. The zero-order valence-corrected chi connectivity index (χ0v) is 22.4. The lowest BCUT2D eigenvalue weighted by atomic mass is 9.94. The van der Waals surface area contributed by atoms with Gasteiger partial charge in [-0.15, -0.1) is 0 Å². The maximum Gasteiger partial charge on any atom is 0.407 e. The van der Waals surface area contributed by atoms with Crippen LogP contribution in [0.25, 0.3) is 11.1 Å². The highest BCUT2D eigenvalue weighted by Gasteiger charge is 2.38. The molecule has 5 rings (SSSR count). The Kier molecular flexibility index (Phi) is 7.91. The van der Waals surface area contributed by atoms with E-state index in [1.807, 2.05) is 48.5 Å². The van der Waals surface area contributed by atoms with Gasteiger partial charge in [0.05, 0.1) is 18.3 Å². The number of nitrogens with one attached hydrogen (secondary N) is 2. The Morgan fingerprint density at radius 3 is 2.26 bits per heavy atom. The van der Waals surface area contributed by atoms with E-state index in [9.17, 15) is 26.8 Å². The van der Waals surface area contributed by atoms with Gasteiger partial charge in [0.25, 0.3) is 5.92 Å². The summed E-state index contributed by atoms with van der Waals surface area (Å²) in [5, 5.41) is 2.53. The molecule has 1 heterocycles. The average Bonchev–Trinajstić information content (AvgIpc) is 3.18. The molecule has 0 aromatic heterocycles. The van der Waals surface area contributed by atoms with E-state index in [4.69, 9.17) is 4.74 Å². The minimum Gasteiger partial charge on any atom is -0.449 e. The normalized spacial score (nSPS) is 19.5. The van der Waals surface area contributed by atoms with Crippen molar-refractivity contribution in [2.24, 2.45) is 0 Å². The van der Waals surface area contributed by atoms with Crippen molar-refractivity contribution in [1.82, 2.24) is 14.9 Å². The fraction of sp³-hybridized carbons (Fsp3) is 0.500. The van der Waals surface area contributed by atoms with Gasteiger partial charge in [-0.2, -0.15) is 0 Å². The van der Waals surface area contributed by atoms with Crippen molar-refractivity contribution in [3.05, 3.63) is 59.7 Å². The molecule has 1 saturated heterocycles. The van der Waals surface area contributed by atoms with Crippen LogP contribution in [0.3, 0.4) is 0 Å². The maximum absolute atomic E-state index is 13.9. The third kappa shape index (κ3) is 6.58. The lowest BCUT2D eigenvalue weighted by Gasteiger charge is -2.33. The largest absolute Gasteiger partial charge is 0.449 e. The van der Waals surface area contributed by atoms with Gasteiger partial charge in [0.2, 0.25) is 15.9 Å². The lowest BCUT2D eigenvalue weighted by molar-refractivity contribution is -0.142. The van der Waals surface area contributed by atoms with Gasteiger partial charge < -0.3 is 15.0 Å². The highest BCUT2D eigenvalue weighted by Crippen LogP contribution is 2.44. The molecule has 1 unspecified atom stereocenters. The molecule has 11 heteroatoms. The summed E-state index contributed by atoms with van der Waals surface area (Å²) in [4.78, 5) is 26.8. The molecule has 2 aromatic carbocycles. The van der Waals surface area contributed by atoms with Gasteiger partial charge in [-0.05, 0) is 41.5 Å². The first-order chi connectivity index (χ1) is 18.6. The zero-order valence-electron chi connectivity index (χ0n) is 21.6. The molecule has 1 saturated carbocycles. The molecule has 1 atom stereocenters. The summed E-state index contributed by atoms with van der Waals surface area (Å²) < 4.78 is 61.5. The summed E-state index contributed by atoms with van der Waals surface area (Å²) >= 11 is 0. The zero-order chi connectivity index (χ0) is 27.6. The molecule has 2 N–H and O–H groups in total. The van der Waals surface area contributed by atoms with Crippen molar-refractivity contribution in [1.29, 1.82) is 0 Å². The molecule has 2 aromatic rings. The number of hydrogen-bond donors (Lipinski definition) is 2. The lowest BCUT2D eigenvalue weighted by Crippen LogP contribution is -2.51. The Hall–Kier alpha value is -3.05. The third-order valence-electron chi connectivity index (χ3n) is 7.70. The van der Waals surface area contributed by atoms with Crippen LogP contribution in [-0.4, -0.2) is 68.8 Å². The Morgan fingerprint density at radius 2 is 1.67 bits per heavy atom. The second-order valence-corrected chi connectivity index (χ2v) is 12.5. The maximum atomic E-state index is 13.9. The predicted molar refractivity (Wildman–Crippen MR) is 142 cm³/mol. The van der Waals surface area contributed by atoms with E-state index in [-0.39, 0.29) is 38.0 Å². The molecule has 1 aliphatic heterocycles. The van der Waals surface area contributed by atoms with Crippen LogP contribution in [0.2, 0.25) is 0 Å². The van der Waals surface area contributed by atoms with Crippen molar-refractivity contribution in [2.45, 2.75) is 62.4 Å². The molecular formula is C28H33F2N3O5S. The number of likely N-dealkylation sites (tertiary alicyclic amines) is 1. The highest BCUT2D eigenvalue weighted by atomic mass is 32.2. The third-order valence-corrected chi connectivity index (χ3v) is 9.24. The first kappa shape index (κ1) is 27.5. The molecule has 2 fully saturated rings. The molecule has 2 amide bonds. The number of alkyl halides is 2. The summed E-state index contributed by atoms with van der Waals surface area (Å²) in [5.74, 6) is -4.36. The van der Waals surface area contributed by atoms with Crippen molar-refractivity contribution in [3.63, 3.8) is 0 Å². The number of amides is 2. The summed E-state index contributed by atoms with van der Waals surface area (Å²) in [5.41, 5.74) is 4.18. The molecule has 210 valence electrons. The van der Waals surface area contributed by atoms with Gasteiger partial charge >= 0.3 is 6.09 Å². The van der Waals surface area contributed by atoms with Crippen LogP contribution in [0, 0.1) is 0 Å². The molecule has 0 bridgehead atoms. The number of fused-ring (bicyclic) bond motifs is 3. The Balaban J connectivity index is 1.25. The van der Waals surface area contributed by atoms with Crippen LogP contribution < -0.4 is 10.0 Å². The van der Waals surface area contributed by atoms with Crippen molar-refractivity contribution < 1.29 is 31.5 Å². The number of ether oxygens (including phenoxy) is 1. The quantitative estimate of drug-likeness (QED) is 0.482. The van der Waals surface area contributed by atoms with Gasteiger partial charge in [0, 0.05) is 31.3 Å². The fourth-order valence-electron chi connectivity index (χ4n) is 5.57. The van der Waals surface area contributed by atoms with Crippen LogP contribution in [0.5, 0.6) is 0 Å². The number of benzene rings is 2. The second kappa shape index (κ2) is 11.2. The smallest absolute Gasteiger partial charge is 0.407 e. The van der Waals surface area contributed by atoms with Crippen LogP contribution in [-0.2, 0) is 19.6 Å². The topological polar surface area (TPSA) is 105 Å². The number of carbonyl (C=O) groups is 2. The van der Waals surface area contributed by atoms with Crippen LogP contribution >= 0.6 is 0 Å². The van der Waals surface area contributed by atoms with Gasteiger partial charge in [-0.1, -0.05) is 55.0 Å². The van der Waals surface area contributed by atoms with E-state index in [0.29, 0.717) is 0 Å². The van der Waals surface area contributed by atoms with E-state index in [1.165, 1.54) is 0 Å². The minimum atomic E-state index is -3.84. The molecule has 0 spiro atoms. The number of sulfonamides is 1. The van der Waals surface area contributed by atoms with E-state index in [0.717, 1.165) is 46.4 Å². The SMILES string of the molecule is O=C(NC(CC(=O)N1CCCC(F)(F)C1)CS(=O)(=O)NC1CCC1)OCC1c2ccccc2-c2ccccc21. The van der Waals surface area contributed by atoms with Gasteiger partial charge in [0.1, 0.15) is 6.61 Å². The van der Waals surface area contributed by atoms with E-state index in [1.54, 1.807) is 0 Å². The van der Waals surface area contributed by atoms with Crippen LogP contribution in [0.4, 0.5) is 13.6 Å². The van der Waals surface area contributed by atoms with Crippen molar-refractivity contribution in [2.75, 3.05) is 25.4 Å². The number of carbonyl (C=O) groups excluding carboxylic acids is 2. The Labute approximate surface area is 227 Å². The number of hydrogen-bond acceptors (Lipinski definition) is 5. The molecule has 0 radical (unpaired) electrons. The first-order valence-corrected chi connectivity index (χ1v) is 15.0. The van der Waals surface area contributed by atoms with Gasteiger partial charge in [-0.3, -0.25) is 4.79 Å². The van der Waals surface area contributed by atoms with Gasteiger partial charge in [-0.25, -0.2) is 26.7 Å². The van der Waals surface area contributed by atoms with E-state index >= 15 is 0 Å². The Bertz CT molecular complexity index is 1290. The summed E-state index contributed by atoms with van der Waals surface area (Å²) in [7, 11) is -3.84. The van der Waals surface area contributed by atoms with Crippen LogP contribution in [0.1, 0.15) is 55.6 Å². The molecular weight excluding hydrogens is 528 g/mol. The monoisotopic (exact) mass is 561 g/mol. The van der Waals surface area contributed by atoms with Crippen molar-refractivity contribution >= 4 is 22.0 Å². The van der Waals surface area contributed by atoms with Gasteiger partial charge in [0.15, 0.2) is 0 Å². The molecule has 39 heavy (non-hydrogen) atoms. The standard InChI is InChI=1S/C28H33F2N3O5S/c29-28(30)13-6-14-33(18-28)26(34)15-20(17-39(36,37)32-19-7-5-8-19)31-27(35)38-16-25-23-11-3-1-9-21(23)22-10-2-4-12-24(22)25/h1-4,9-12,19-20,25,32H,5-8,13-18H2,(H,31,35). The number of piperidine rings is 1. The first-order valence-electron chi connectivity index (χ1n) is 13.4. The number of nitrogens with zero attached hydrogens (tertiary/aromatic N) is 1. The van der Waals surface area contributed by atoms with Crippen LogP contribution in [0.15, 0.2) is 48.5 Å². The molecule has 8 nitrogen and oxygen atoms in total. The summed E-state index contributed by atoms with van der Waals surface area (Å²) in [6.45, 7) is -0.526.